The van der Waals surface area contributed by atoms with Crippen LogP contribution in [0.1, 0.15) is 79.2 Å². The van der Waals surface area contributed by atoms with Crippen molar-refractivity contribution >= 4 is 29.7 Å². The zero-order valence-electron chi connectivity index (χ0n) is 31.1. The standard InChI is InChI=1S/C40H50F2N4O4Si/c1-24(2)51(25(3)4,26(5)6)18-14-29-32(41)13-12-27-19-28(50-23-48-8)20-30(34(27)29)36-35(42)37-31(21-43-36)38(47)45-39(44-37)49-22-40-15-9-11-33(40)46(7)17-10-16-40/h12-13,19-21,24-26,33H,9-11,15-17,22-23H2,1-8H3,(H,44,45,47)/t33-,40-/m1/s1. The number of nitrogens with zero attached hydrogens (tertiary/aromatic N) is 3. The number of rotatable bonds is 10. The fraction of sp³-hybridized carbons (Fsp3) is 0.525. The second-order valence-electron chi connectivity index (χ2n) is 15.4. The van der Waals surface area contributed by atoms with Gasteiger partial charge in [-0.15, -0.1) is 5.54 Å². The van der Waals surface area contributed by atoms with Crippen molar-refractivity contribution in [1.82, 2.24) is 19.9 Å². The van der Waals surface area contributed by atoms with Gasteiger partial charge in [-0.3, -0.25) is 14.8 Å². The zero-order chi connectivity index (χ0) is 36.7. The minimum atomic E-state index is -2.26. The Bertz CT molecular complexity index is 2030. The lowest BCUT2D eigenvalue weighted by atomic mass is 9.76. The minimum Gasteiger partial charge on any atom is -0.468 e. The van der Waals surface area contributed by atoms with Crippen LogP contribution in [0.4, 0.5) is 8.78 Å². The van der Waals surface area contributed by atoms with Gasteiger partial charge in [-0.25, -0.2) is 8.78 Å². The summed E-state index contributed by atoms with van der Waals surface area (Å²) in [6.07, 6.45) is 6.67. The molecule has 0 radical (unpaired) electrons. The fourth-order valence-corrected chi connectivity index (χ4v) is 14.4. The molecule has 0 spiro atoms. The number of benzene rings is 2. The van der Waals surface area contributed by atoms with Gasteiger partial charge >= 0.3 is 0 Å². The monoisotopic (exact) mass is 716 g/mol. The molecule has 2 aliphatic rings. The molecule has 4 aromatic rings. The summed E-state index contributed by atoms with van der Waals surface area (Å²) in [5, 5.41) is 0.996. The molecule has 2 atom stereocenters. The summed E-state index contributed by atoms with van der Waals surface area (Å²) in [6.45, 7) is 14.6. The SMILES string of the molecule is COCOc1cc(-c2ncc3c(=O)[nH]c(OC[C@]45CCC[C@H]4N(C)CCC5)nc3c2F)c2c(C#C[Si](C(C)C)(C(C)C)C(C)C)c(F)ccc2c1. The Labute approximate surface area is 300 Å². The van der Waals surface area contributed by atoms with Gasteiger partial charge in [-0.2, -0.15) is 4.98 Å². The van der Waals surface area contributed by atoms with E-state index in [1.54, 1.807) is 18.2 Å². The number of likely N-dealkylation sites (tertiary alicyclic amines) is 1. The third kappa shape index (κ3) is 6.67. The maximum Gasteiger partial charge on any atom is 0.297 e. The molecule has 0 amide bonds. The summed E-state index contributed by atoms with van der Waals surface area (Å²) in [7, 11) is 1.40. The number of methoxy groups -OCH3 is 1. The van der Waals surface area contributed by atoms with Crippen molar-refractivity contribution in [2.75, 3.05) is 34.1 Å². The van der Waals surface area contributed by atoms with Crippen LogP contribution in [0.25, 0.3) is 32.9 Å². The van der Waals surface area contributed by atoms with Crippen molar-refractivity contribution in [1.29, 1.82) is 0 Å². The van der Waals surface area contributed by atoms with Gasteiger partial charge in [0, 0.05) is 35.7 Å². The quantitative estimate of drug-likeness (QED) is 0.0999. The highest BCUT2D eigenvalue weighted by Gasteiger charge is 2.47. The number of fused-ring (bicyclic) bond motifs is 3. The maximum atomic E-state index is 16.9. The molecule has 272 valence electrons. The van der Waals surface area contributed by atoms with Crippen molar-refractivity contribution in [3.05, 3.63) is 58.0 Å². The number of piperidine rings is 1. The molecule has 2 fully saturated rings. The van der Waals surface area contributed by atoms with Gasteiger partial charge < -0.3 is 19.1 Å². The van der Waals surface area contributed by atoms with Crippen molar-refractivity contribution in [2.45, 2.75) is 96.3 Å². The largest absolute Gasteiger partial charge is 0.468 e. The Morgan fingerprint density at radius 2 is 1.78 bits per heavy atom. The predicted octanol–water partition coefficient (Wildman–Crippen LogP) is 8.61. The van der Waals surface area contributed by atoms with Crippen LogP contribution in [0.2, 0.25) is 16.6 Å². The first-order valence-corrected chi connectivity index (χ1v) is 20.4. The van der Waals surface area contributed by atoms with Crippen molar-refractivity contribution in [3.63, 3.8) is 0 Å². The van der Waals surface area contributed by atoms with Crippen LogP contribution in [-0.2, 0) is 4.74 Å². The number of halogens is 2. The second-order valence-corrected chi connectivity index (χ2v) is 21.0. The second kappa shape index (κ2) is 14.6. The number of hydrogen-bond donors (Lipinski definition) is 1. The smallest absolute Gasteiger partial charge is 0.297 e. The Morgan fingerprint density at radius 1 is 1.06 bits per heavy atom. The molecule has 1 aliphatic carbocycles. The van der Waals surface area contributed by atoms with Gasteiger partial charge in [0.2, 0.25) is 0 Å². The van der Waals surface area contributed by atoms with Crippen LogP contribution in [0, 0.1) is 28.5 Å². The predicted molar refractivity (Wildman–Crippen MR) is 201 cm³/mol. The van der Waals surface area contributed by atoms with Crippen molar-refractivity contribution < 1.29 is 23.0 Å². The topological polar surface area (TPSA) is 89.6 Å². The number of ether oxygens (including phenoxy) is 3. The average Bonchev–Trinajstić information content (AvgIpc) is 3.53. The first-order chi connectivity index (χ1) is 24.3. The van der Waals surface area contributed by atoms with Gasteiger partial charge in [-0.1, -0.05) is 60.0 Å². The first kappa shape index (κ1) is 36.9. The number of aromatic amines is 1. The van der Waals surface area contributed by atoms with E-state index in [1.165, 1.54) is 19.4 Å². The van der Waals surface area contributed by atoms with E-state index in [0.29, 0.717) is 45.8 Å². The molecule has 3 heterocycles. The lowest BCUT2D eigenvalue weighted by molar-refractivity contribution is 0.0132. The molecular weight excluding hydrogens is 667 g/mol. The van der Waals surface area contributed by atoms with E-state index >= 15 is 8.78 Å². The summed E-state index contributed by atoms with van der Waals surface area (Å²) < 4.78 is 50.0. The molecule has 1 aliphatic heterocycles. The number of aromatic nitrogens is 3. The molecule has 1 saturated carbocycles. The van der Waals surface area contributed by atoms with Gasteiger partial charge in [0.25, 0.3) is 11.6 Å². The normalized spacial score (nSPS) is 19.6. The summed E-state index contributed by atoms with van der Waals surface area (Å²) in [5.41, 5.74) is 4.20. The molecule has 8 nitrogen and oxygen atoms in total. The van der Waals surface area contributed by atoms with E-state index in [2.05, 4.69) is 79.9 Å². The van der Waals surface area contributed by atoms with Crippen LogP contribution in [0.3, 0.4) is 0 Å². The maximum absolute atomic E-state index is 16.9. The summed E-state index contributed by atoms with van der Waals surface area (Å²) in [4.78, 5) is 27.3. The first-order valence-electron chi connectivity index (χ1n) is 18.2. The summed E-state index contributed by atoms with van der Waals surface area (Å²) in [6, 6.07) is 6.75. The molecule has 2 aromatic carbocycles. The third-order valence-electron chi connectivity index (χ3n) is 11.7. The fourth-order valence-electron chi connectivity index (χ4n) is 9.23. The van der Waals surface area contributed by atoms with Gasteiger partial charge in [0.1, 0.15) is 30.9 Å². The van der Waals surface area contributed by atoms with E-state index in [4.69, 9.17) is 14.2 Å². The van der Waals surface area contributed by atoms with Crippen LogP contribution < -0.4 is 15.0 Å². The number of nitrogens with one attached hydrogen (secondary N) is 1. The molecule has 11 heteroatoms. The highest BCUT2D eigenvalue weighted by Crippen LogP contribution is 2.47. The van der Waals surface area contributed by atoms with Crippen molar-refractivity contribution in [3.8, 4) is 34.5 Å². The zero-order valence-corrected chi connectivity index (χ0v) is 32.1. The Morgan fingerprint density at radius 3 is 2.49 bits per heavy atom. The number of pyridine rings is 1. The molecular formula is C40H50F2N4O4Si. The third-order valence-corrected chi connectivity index (χ3v) is 17.9. The highest BCUT2D eigenvalue weighted by molar-refractivity contribution is 6.90. The summed E-state index contributed by atoms with van der Waals surface area (Å²) >= 11 is 0. The average molecular weight is 717 g/mol. The van der Waals surface area contributed by atoms with Gasteiger partial charge in [-0.05, 0) is 79.5 Å². The number of H-pyrrole nitrogens is 1. The molecule has 0 bridgehead atoms. The lowest BCUT2D eigenvalue weighted by Gasteiger charge is -2.44. The number of hydrogen-bond acceptors (Lipinski definition) is 7. The Hall–Kier alpha value is -3.85. The molecule has 2 aromatic heterocycles. The van der Waals surface area contributed by atoms with Gasteiger partial charge in [0.05, 0.1) is 17.6 Å². The van der Waals surface area contributed by atoms with Crippen LogP contribution >= 0.6 is 0 Å². The molecule has 0 unspecified atom stereocenters. The minimum absolute atomic E-state index is 0.0122. The van der Waals surface area contributed by atoms with E-state index in [9.17, 15) is 4.79 Å². The Balaban J connectivity index is 1.51. The van der Waals surface area contributed by atoms with Crippen LogP contribution in [0.5, 0.6) is 11.8 Å². The van der Waals surface area contributed by atoms with E-state index in [0.717, 1.165) is 38.6 Å². The van der Waals surface area contributed by atoms with Crippen molar-refractivity contribution in [2.24, 2.45) is 5.41 Å². The lowest BCUT2D eigenvalue weighted by Crippen LogP contribution is -2.50. The van der Waals surface area contributed by atoms with E-state index in [1.807, 2.05) is 0 Å². The Kier molecular flexibility index (Phi) is 10.6. The molecule has 51 heavy (non-hydrogen) atoms. The molecule has 1 N–H and O–H groups in total. The molecule has 6 rings (SSSR count). The van der Waals surface area contributed by atoms with Crippen LogP contribution in [0.15, 0.2) is 35.3 Å². The molecule has 1 saturated heterocycles. The summed E-state index contributed by atoms with van der Waals surface area (Å²) in [5.74, 6) is 2.34. The highest BCUT2D eigenvalue weighted by atomic mass is 28.3. The van der Waals surface area contributed by atoms with E-state index in [-0.39, 0.29) is 45.9 Å². The van der Waals surface area contributed by atoms with E-state index < -0.39 is 25.3 Å². The van der Waals surface area contributed by atoms with Crippen LogP contribution in [-0.4, -0.2) is 68.1 Å². The van der Waals surface area contributed by atoms with Gasteiger partial charge in [0.15, 0.2) is 12.6 Å².